The van der Waals surface area contributed by atoms with Crippen LogP contribution in [-0.2, 0) is 19.4 Å². The second-order valence-corrected chi connectivity index (χ2v) is 11.7. The maximum absolute atomic E-state index is 12.4. The van der Waals surface area contributed by atoms with Gasteiger partial charge in [-0.3, -0.25) is 4.79 Å². The molecule has 2 saturated heterocycles. The van der Waals surface area contributed by atoms with Gasteiger partial charge in [-0.15, -0.1) is 0 Å². The molecule has 2 fully saturated rings. The van der Waals surface area contributed by atoms with E-state index in [0.717, 1.165) is 5.69 Å². The van der Waals surface area contributed by atoms with Crippen LogP contribution in [0.15, 0.2) is 29.3 Å². The molecule has 2 aliphatic heterocycles. The molecule has 0 radical (unpaired) electrons. The number of carbonyl (C=O) groups excluding carboxylic acids is 2. The van der Waals surface area contributed by atoms with Crippen LogP contribution in [-0.4, -0.2) is 67.6 Å². The molecule has 0 bridgehead atoms. The summed E-state index contributed by atoms with van der Waals surface area (Å²) in [6.45, 7) is 5.36. The van der Waals surface area contributed by atoms with Crippen molar-refractivity contribution in [2.45, 2.75) is 44.1 Å². The van der Waals surface area contributed by atoms with Crippen molar-refractivity contribution in [3.63, 3.8) is 0 Å². The molecule has 170 valence electrons. The van der Waals surface area contributed by atoms with Gasteiger partial charge in [0.1, 0.15) is 11.4 Å². The molecule has 0 saturated carbocycles. The Hall–Kier alpha value is -2.27. The number of hydrogen-bond donors (Lipinski definition) is 1. The molecule has 3 rings (SSSR count). The molecule has 0 unspecified atom stereocenters. The molecule has 0 aromatic heterocycles. The minimum atomic E-state index is -3.14. The molecule has 9 nitrogen and oxygen atoms in total. The lowest BCUT2D eigenvalue weighted by molar-refractivity contribution is -0.117. The number of thioether (sulfide) groups is 1. The SMILES string of the molecule is COc1ccc(N2C(=NC(=O)CCNC(=O)OC(C)(C)C)S[C@H]3CS(=O)(=O)C[C@@H]32)cc1. The van der Waals surface area contributed by atoms with E-state index < -0.39 is 27.4 Å². The van der Waals surface area contributed by atoms with Gasteiger partial charge in [-0.05, 0) is 45.0 Å². The molecule has 2 aliphatic rings. The van der Waals surface area contributed by atoms with Crippen LogP contribution in [0.5, 0.6) is 5.75 Å². The summed E-state index contributed by atoms with van der Waals surface area (Å²) < 4.78 is 34.6. The summed E-state index contributed by atoms with van der Waals surface area (Å²) >= 11 is 1.31. The third-order valence-corrected chi connectivity index (χ3v) is 7.85. The number of sulfone groups is 1. The number of anilines is 1. The summed E-state index contributed by atoms with van der Waals surface area (Å²) in [5.41, 5.74) is 0.127. The van der Waals surface area contributed by atoms with E-state index in [-0.39, 0.29) is 35.8 Å². The lowest BCUT2D eigenvalue weighted by Crippen LogP contribution is -2.37. The number of carbonyl (C=O) groups is 2. The highest BCUT2D eigenvalue weighted by molar-refractivity contribution is 8.16. The second kappa shape index (κ2) is 9.07. The largest absolute Gasteiger partial charge is 0.497 e. The first kappa shape index (κ1) is 23.4. The van der Waals surface area contributed by atoms with Gasteiger partial charge in [0.2, 0.25) is 5.91 Å². The number of nitrogens with zero attached hydrogens (tertiary/aromatic N) is 2. The Morgan fingerprint density at radius 2 is 1.90 bits per heavy atom. The summed E-state index contributed by atoms with van der Waals surface area (Å²) in [7, 11) is -1.57. The number of amides is 2. The van der Waals surface area contributed by atoms with Gasteiger partial charge >= 0.3 is 6.09 Å². The van der Waals surface area contributed by atoms with Crippen LogP contribution in [0, 0.1) is 0 Å². The fraction of sp³-hybridized carbons (Fsp3) is 0.550. The van der Waals surface area contributed by atoms with Crippen molar-refractivity contribution in [1.82, 2.24) is 5.32 Å². The van der Waals surface area contributed by atoms with Gasteiger partial charge in [-0.2, -0.15) is 4.99 Å². The number of rotatable bonds is 5. The molecular weight excluding hydrogens is 442 g/mol. The van der Waals surface area contributed by atoms with E-state index in [1.165, 1.54) is 11.8 Å². The number of hydrogen-bond acceptors (Lipinski definition) is 7. The molecule has 0 aliphatic carbocycles. The van der Waals surface area contributed by atoms with Crippen LogP contribution in [0.4, 0.5) is 10.5 Å². The number of amidine groups is 1. The normalized spacial score (nSPS) is 23.5. The molecule has 1 aromatic rings. The first-order chi connectivity index (χ1) is 14.5. The van der Waals surface area contributed by atoms with Crippen molar-refractivity contribution in [3.8, 4) is 5.75 Å². The molecule has 31 heavy (non-hydrogen) atoms. The van der Waals surface area contributed by atoms with E-state index in [4.69, 9.17) is 9.47 Å². The Bertz CT molecular complexity index is 970. The lowest BCUT2D eigenvalue weighted by Gasteiger charge is -2.24. The van der Waals surface area contributed by atoms with E-state index in [0.29, 0.717) is 10.9 Å². The first-order valence-corrected chi connectivity index (χ1v) is 12.6. The highest BCUT2D eigenvalue weighted by Gasteiger charge is 2.49. The maximum Gasteiger partial charge on any atom is 0.407 e. The molecule has 11 heteroatoms. The van der Waals surface area contributed by atoms with E-state index in [9.17, 15) is 18.0 Å². The van der Waals surface area contributed by atoms with E-state index in [1.807, 2.05) is 17.0 Å². The number of nitrogens with one attached hydrogen (secondary N) is 1. The van der Waals surface area contributed by atoms with Crippen LogP contribution in [0.25, 0.3) is 0 Å². The molecule has 2 heterocycles. The summed E-state index contributed by atoms with van der Waals surface area (Å²) in [4.78, 5) is 30.2. The number of alkyl carbamates (subject to hydrolysis) is 1. The van der Waals surface area contributed by atoms with Gasteiger partial charge in [-0.1, -0.05) is 11.8 Å². The molecule has 2 atom stereocenters. The van der Waals surface area contributed by atoms with E-state index in [1.54, 1.807) is 40.0 Å². The fourth-order valence-electron chi connectivity index (χ4n) is 3.36. The topological polar surface area (TPSA) is 114 Å². The van der Waals surface area contributed by atoms with Crippen molar-refractivity contribution >= 4 is 44.5 Å². The smallest absolute Gasteiger partial charge is 0.407 e. The van der Waals surface area contributed by atoms with Gasteiger partial charge in [0.05, 0.1) is 24.7 Å². The van der Waals surface area contributed by atoms with Crippen molar-refractivity contribution in [2.24, 2.45) is 4.99 Å². The van der Waals surface area contributed by atoms with Crippen LogP contribution < -0.4 is 15.0 Å². The summed E-state index contributed by atoms with van der Waals surface area (Å²) in [5, 5.41) is 2.82. The van der Waals surface area contributed by atoms with E-state index >= 15 is 0 Å². The average Bonchev–Trinajstić information content (AvgIpc) is 3.11. The molecular formula is C20H27N3O6S2. The van der Waals surface area contributed by atoms with Crippen LogP contribution in [0.2, 0.25) is 0 Å². The van der Waals surface area contributed by atoms with Crippen LogP contribution >= 0.6 is 11.8 Å². The minimum absolute atomic E-state index is 0.00733. The van der Waals surface area contributed by atoms with Crippen molar-refractivity contribution in [2.75, 3.05) is 30.1 Å². The highest BCUT2D eigenvalue weighted by Crippen LogP contribution is 2.41. The predicted octanol–water partition coefficient (Wildman–Crippen LogP) is 2.21. The van der Waals surface area contributed by atoms with Gasteiger partial charge in [0.15, 0.2) is 15.0 Å². The zero-order valence-corrected chi connectivity index (χ0v) is 19.6. The number of ether oxygens (including phenoxy) is 2. The third kappa shape index (κ3) is 6.13. The quantitative estimate of drug-likeness (QED) is 0.698. The van der Waals surface area contributed by atoms with Crippen LogP contribution in [0.3, 0.4) is 0 Å². The maximum atomic E-state index is 12.4. The number of aliphatic imine (C=N–C) groups is 1. The Morgan fingerprint density at radius 1 is 1.23 bits per heavy atom. The highest BCUT2D eigenvalue weighted by atomic mass is 32.2. The van der Waals surface area contributed by atoms with E-state index in [2.05, 4.69) is 10.3 Å². The molecule has 1 aromatic carbocycles. The predicted molar refractivity (Wildman–Crippen MR) is 121 cm³/mol. The first-order valence-electron chi connectivity index (χ1n) is 9.86. The zero-order valence-electron chi connectivity index (χ0n) is 18.0. The summed E-state index contributed by atoms with van der Waals surface area (Å²) in [6, 6.07) is 6.91. The standard InChI is InChI=1S/C20H27N3O6S2/c1-20(2,3)29-19(25)21-10-9-17(24)22-18-23(13-5-7-14(28-4)8-6-13)15-11-31(26,27)12-16(15)30-18/h5-8,15-16H,9-12H2,1-4H3,(H,21,25)/t15-,16-/m0/s1. The monoisotopic (exact) mass is 469 g/mol. The Morgan fingerprint density at radius 3 is 2.52 bits per heavy atom. The van der Waals surface area contributed by atoms with Crippen molar-refractivity contribution in [1.29, 1.82) is 0 Å². The second-order valence-electron chi connectivity index (χ2n) is 8.34. The Balaban J connectivity index is 1.71. The van der Waals surface area contributed by atoms with Gasteiger partial charge in [-0.25, -0.2) is 13.2 Å². The average molecular weight is 470 g/mol. The van der Waals surface area contributed by atoms with Crippen molar-refractivity contribution < 1.29 is 27.5 Å². The zero-order chi connectivity index (χ0) is 22.8. The third-order valence-electron chi connectivity index (χ3n) is 4.64. The Kier molecular flexibility index (Phi) is 6.85. The fourth-order valence-corrected chi connectivity index (χ4v) is 7.29. The molecule has 0 spiro atoms. The summed E-state index contributed by atoms with van der Waals surface area (Å²) in [6.07, 6.45) is -0.587. The molecule has 2 amide bonds. The molecule has 1 N–H and O–H groups in total. The summed E-state index contributed by atoms with van der Waals surface area (Å²) in [5.74, 6) is 0.348. The van der Waals surface area contributed by atoms with Gasteiger partial charge < -0.3 is 19.7 Å². The van der Waals surface area contributed by atoms with Gasteiger partial charge in [0, 0.05) is 23.9 Å². The van der Waals surface area contributed by atoms with Crippen LogP contribution in [0.1, 0.15) is 27.2 Å². The van der Waals surface area contributed by atoms with Gasteiger partial charge in [0.25, 0.3) is 0 Å². The number of methoxy groups -OCH3 is 1. The number of benzene rings is 1. The minimum Gasteiger partial charge on any atom is -0.497 e. The lowest BCUT2D eigenvalue weighted by atomic mass is 10.2. The van der Waals surface area contributed by atoms with Crippen molar-refractivity contribution in [3.05, 3.63) is 24.3 Å². The number of fused-ring (bicyclic) bond motifs is 1. The Labute approximate surface area is 186 Å².